The predicted molar refractivity (Wildman–Crippen MR) is 105 cm³/mol. The Hall–Kier alpha value is 0.910. The maximum atomic E-state index is 2.30. The molecule has 136 valence electrons. The highest BCUT2D eigenvalue weighted by Crippen LogP contribution is 2.14. The van der Waals surface area contributed by atoms with E-state index >= 15 is 0 Å². The average Bonchev–Trinajstić information content (AvgIpc) is 2.50. The van der Waals surface area contributed by atoms with Crippen molar-refractivity contribution in [1.82, 2.24) is 0 Å². The maximum Gasteiger partial charge on any atom is 0.0526 e. The van der Waals surface area contributed by atoms with Gasteiger partial charge in [0.05, 0.1) is 6.16 Å². The second kappa shape index (κ2) is 24.2. The minimum atomic E-state index is 0. The van der Waals surface area contributed by atoms with Crippen LogP contribution in [0.15, 0.2) is 0 Å². The van der Waals surface area contributed by atoms with Gasteiger partial charge in [0.1, 0.15) is 0 Å². The first-order valence-corrected chi connectivity index (χ1v) is 11.2. The van der Waals surface area contributed by atoms with Gasteiger partial charge in [0.25, 0.3) is 0 Å². The molecule has 0 heterocycles. The van der Waals surface area contributed by atoms with Crippen LogP contribution in [0.4, 0.5) is 0 Å². The summed E-state index contributed by atoms with van der Waals surface area (Å²) < 4.78 is 0. The molecule has 0 nitrogen and oxygen atoms in total. The van der Waals surface area contributed by atoms with Crippen LogP contribution in [0.3, 0.4) is 0 Å². The van der Waals surface area contributed by atoms with E-state index in [2.05, 4.69) is 16.2 Å². The van der Waals surface area contributed by atoms with Crippen molar-refractivity contribution in [2.75, 3.05) is 6.16 Å². The van der Waals surface area contributed by atoms with E-state index < -0.39 is 0 Å². The number of halogens is 1. The molecule has 0 saturated heterocycles. The highest BCUT2D eigenvalue weighted by molar-refractivity contribution is 7.16. The maximum absolute atomic E-state index is 2.30. The van der Waals surface area contributed by atoms with Crippen molar-refractivity contribution in [2.24, 2.45) is 0 Å². The standard InChI is InChI=1S/C20H43P.BrH/c1-2-3-4-5-6-7-8-9-10-11-12-13-14-15-16-17-18-19-20-21;/h2-21H2,1H3;1H. The lowest BCUT2D eigenvalue weighted by Crippen LogP contribution is -3.00. The molecule has 1 unspecified atom stereocenters. The molecular weight excluding hydrogens is 351 g/mol. The zero-order valence-electron chi connectivity index (χ0n) is 15.5. The molecule has 2 heteroatoms. The molecule has 0 aromatic rings. The van der Waals surface area contributed by atoms with Gasteiger partial charge in [-0.05, 0) is 22.1 Å². The van der Waals surface area contributed by atoms with Crippen LogP contribution >= 0.6 is 9.24 Å². The van der Waals surface area contributed by atoms with Crippen molar-refractivity contribution in [3.8, 4) is 0 Å². The zero-order chi connectivity index (χ0) is 15.4. The van der Waals surface area contributed by atoms with E-state index in [0.29, 0.717) is 0 Å². The summed E-state index contributed by atoms with van der Waals surface area (Å²) in [6, 6.07) is 0. The first-order valence-electron chi connectivity index (χ1n) is 10.2. The molecule has 0 rings (SSSR count). The van der Waals surface area contributed by atoms with Gasteiger partial charge in [-0.3, -0.25) is 0 Å². The molecule has 0 aromatic heterocycles. The second-order valence-electron chi connectivity index (χ2n) is 6.86. The molecule has 0 aliphatic heterocycles. The van der Waals surface area contributed by atoms with Gasteiger partial charge in [-0.2, -0.15) is 0 Å². The zero-order valence-corrected chi connectivity index (χ0v) is 18.5. The molecule has 0 bridgehead atoms. The third kappa shape index (κ3) is 23.2. The van der Waals surface area contributed by atoms with E-state index in [0.717, 1.165) is 0 Å². The van der Waals surface area contributed by atoms with Crippen LogP contribution in [0, 0.1) is 0 Å². The molecule has 0 amide bonds. The minimum absolute atomic E-state index is 0. The van der Waals surface area contributed by atoms with E-state index in [1.807, 2.05) is 0 Å². The van der Waals surface area contributed by atoms with Crippen molar-refractivity contribution in [3.63, 3.8) is 0 Å². The Labute approximate surface area is 155 Å². The molecule has 22 heavy (non-hydrogen) atoms. The van der Waals surface area contributed by atoms with Gasteiger partial charge in [-0.15, -0.1) is 0 Å². The Morgan fingerprint density at radius 2 is 0.636 bits per heavy atom. The third-order valence-corrected chi connectivity index (χ3v) is 5.10. The van der Waals surface area contributed by atoms with E-state index in [9.17, 15) is 0 Å². The Morgan fingerprint density at radius 1 is 0.409 bits per heavy atom. The molecule has 0 aliphatic rings. The molecule has 0 fully saturated rings. The number of unbranched alkanes of at least 4 members (excludes halogenated alkanes) is 17. The summed E-state index contributed by atoms with van der Waals surface area (Å²) in [5.41, 5.74) is 0. The highest BCUT2D eigenvalue weighted by atomic mass is 79.9. The van der Waals surface area contributed by atoms with Crippen LogP contribution in [0.5, 0.6) is 0 Å². The molecule has 0 N–H and O–H groups in total. The molecular formula is C20H44BrP. The van der Waals surface area contributed by atoms with Crippen molar-refractivity contribution < 1.29 is 17.0 Å². The second-order valence-corrected chi connectivity index (χ2v) is 7.57. The quantitative estimate of drug-likeness (QED) is 0.234. The summed E-state index contributed by atoms with van der Waals surface area (Å²) >= 11 is 0. The molecule has 0 radical (unpaired) electrons. The average molecular weight is 395 g/mol. The van der Waals surface area contributed by atoms with Gasteiger partial charge in [-0.25, -0.2) is 0 Å². The fourth-order valence-corrected chi connectivity index (χ4v) is 3.43. The Balaban J connectivity index is 0. The fraction of sp³-hybridized carbons (Fsp3) is 1.00. The lowest BCUT2D eigenvalue weighted by Gasteiger charge is -2.03. The molecule has 0 spiro atoms. The first kappa shape index (κ1) is 25.2. The van der Waals surface area contributed by atoms with E-state index in [-0.39, 0.29) is 17.0 Å². The molecule has 1 atom stereocenters. The normalized spacial score (nSPS) is 10.8. The Bertz CT molecular complexity index is 155. The van der Waals surface area contributed by atoms with Crippen LogP contribution in [0.2, 0.25) is 0 Å². The third-order valence-electron chi connectivity index (χ3n) is 4.60. The summed E-state index contributed by atoms with van der Waals surface area (Å²) in [4.78, 5) is 0. The monoisotopic (exact) mass is 394 g/mol. The highest BCUT2D eigenvalue weighted by Gasteiger charge is 1.94. The van der Waals surface area contributed by atoms with Gasteiger partial charge < -0.3 is 17.0 Å². The fourth-order valence-electron chi connectivity index (χ4n) is 3.08. The Morgan fingerprint density at radius 3 is 0.864 bits per heavy atom. The van der Waals surface area contributed by atoms with Crippen LogP contribution in [-0.4, -0.2) is 6.16 Å². The SMILES string of the molecule is CCCCCCCCCCCCCCCCCCCC[PH3+].[Br-]. The van der Waals surface area contributed by atoms with Gasteiger partial charge in [0, 0.05) is 0 Å². The summed E-state index contributed by atoms with van der Waals surface area (Å²) in [5, 5.41) is 0. The summed E-state index contributed by atoms with van der Waals surface area (Å²) in [7, 11) is 2.12. The van der Waals surface area contributed by atoms with E-state index in [1.54, 1.807) is 0 Å². The number of hydrogen-bond acceptors (Lipinski definition) is 0. The predicted octanol–water partition coefficient (Wildman–Crippen LogP) is 4.64. The minimum Gasteiger partial charge on any atom is -1.00 e. The number of hydrogen-bond donors (Lipinski definition) is 0. The van der Waals surface area contributed by atoms with Gasteiger partial charge >= 0.3 is 0 Å². The molecule has 0 saturated carbocycles. The van der Waals surface area contributed by atoms with E-state index in [1.165, 1.54) is 122 Å². The van der Waals surface area contributed by atoms with Crippen molar-refractivity contribution in [2.45, 2.75) is 122 Å². The molecule has 0 aliphatic carbocycles. The summed E-state index contributed by atoms with van der Waals surface area (Å²) in [6.07, 6.45) is 28.0. The van der Waals surface area contributed by atoms with Gasteiger partial charge in [0.15, 0.2) is 0 Å². The van der Waals surface area contributed by atoms with Crippen LogP contribution in [0.25, 0.3) is 0 Å². The summed E-state index contributed by atoms with van der Waals surface area (Å²) in [6.45, 7) is 2.30. The lowest BCUT2D eigenvalue weighted by atomic mass is 10.0. The Kier molecular flexibility index (Phi) is 27.6. The molecule has 0 aromatic carbocycles. The lowest BCUT2D eigenvalue weighted by molar-refractivity contribution is -0.00000462. The van der Waals surface area contributed by atoms with E-state index in [4.69, 9.17) is 0 Å². The van der Waals surface area contributed by atoms with Crippen LogP contribution < -0.4 is 17.0 Å². The largest absolute Gasteiger partial charge is 1.00 e. The van der Waals surface area contributed by atoms with Gasteiger partial charge in [0.2, 0.25) is 0 Å². The van der Waals surface area contributed by atoms with Gasteiger partial charge in [-0.1, -0.05) is 110 Å². The summed E-state index contributed by atoms with van der Waals surface area (Å²) in [5.74, 6) is 0. The van der Waals surface area contributed by atoms with Crippen molar-refractivity contribution >= 4 is 9.24 Å². The van der Waals surface area contributed by atoms with Crippen molar-refractivity contribution in [3.05, 3.63) is 0 Å². The van der Waals surface area contributed by atoms with Crippen LogP contribution in [-0.2, 0) is 0 Å². The topological polar surface area (TPSA) is 0 Å². The van der Waals surface area contributed by atoms with Crippen LogP contribution in [0.1, 0.15) is 122 Å². The van der Waals surface area contributed by atoms with Crippen molar-refractivity contribution in [1.29, 1.82) is 0 Å². The first-order chi connectivity index (χ1) is 10.4. The number of rotatable bonds is 18. The smallest absolute Gasteiger partial charge is 0.0526 e.